The van der Waals surface area contributed by atoms with Crippen LogP contribution in [-0.4, -0.2) is 42.3 Å². The Hall–Kier alpha value is -2.46. The minimum atomic E-state index is -2.85. The molecular weight excluding hydrogens is 397 g/mol. The Balaban J connectivity index is 1.94. The first-order chi connectivity index (χ1) is 13.3. The van der Waals surface area contributed by atoms with Gasteiger partial charge in [-0.2, -0.15) is 9.97 Å². The summed E-state index contributed by atoms with van der Waals surface area (Å²) in [4.78, 5) is 9.55. The van der Waals surface area contributed by atoms with Crippen LogP contribution in [0.1, 0.15) is 12.0 Å². The zero-order valence-electron chi connectivity index (χ0n) is 14.9. The Morgan fingerprint density at radius 1 is 1.29 bits per heavy atom. The molecule has 1 aromatic heterocycles. The molecule has 0 atom stereocenters. The first-order valence-corrected chi connectivity index (χ1v) is 8.93. The van der Waals surface area contributed by atoms with Crippen LogP contribution in [0.25, 0.3) is 0 Å². The van der Waals surface area contributed by atoms with Crippen LogP contribution >= 0.6 is 11.6 Å². The molecule has 0 saturated carbocycles. The van der Waals surface area contributed by atoms with E-state index in [1.54, 1.807) is 24.3 Å². The van der Waals surface area contributed by atoms with Crippen molar-refractivity contribution >= 4 is 28.9 Å². The van der Waals surface area contributed by atoms with Gasteiger partial charge in [0.1, 0.15) is 19.0 Å². The van der Waals surface area contributed by atoms with E-state index in [9.17, 15) is 13.2 Å². The molecule has 0 spiro atoms. The number of benzene rings is 1. The molecule has 11 heteroatoms. The minimum absolute atomic E-state index is 0.0276. The van der Waals surface area contributed by atoms with E-state index in [-0.39, 0.29) is 49.5 Å². The molecule has 1 fully saturated rings. The number of anilines is 3. The van der Waals surface area contributed by atoms with Crippen molar-refractivity contribution in [3.63, 3.8) is 0 Å². The monoisotopic (exact) mass is 416 g/mol. The Morgan fingerprint density at radius 2 is 2.04 bits per heavy atom. The predicted molar refractivity (Wildman–Crippen MR) is 102 cm³/mol. The lowest BCUT2D eigenvalue weighted by Crippen LogP contribution is -2.33. The van der Waals surface area contributed by atoms with Gasteiger partial charge in [-0.1, -0.05) is 29.8 Å². The average Bonchev–Trinajstić information content (AvgIpc) is 3.02. The number of alkyl halides is 3. The summed E-state index contributed by atoms with van der Waals surface area (Å²) in [5.74, 6) is 3.43. The molecule has 1 aromatic carbocycles. The normalized spacial score (nSPS) is 15.7. The van der Waals surface area contributed by atoms with E-state index in [4.69, 9.17) is 27.9 Å². The molecule has 3 rings (SSSR count). The highest BCUT2D eigenvalue weighted by Crippen LogP contribution is 2.37. The molecular formula is C17H20ClF3N6O. The molecule has 2 aromatic rings. The number of aromatic nitrogens is 2. The Labute approximate surface area is 165 Å². The third-order valence-electron chi connectivity index (χ3n) is 4.23. The van der Waals surface area contributed by atoms with E-state index in [1.165, 1.54) is 9.91 Å². The second kappa shape index (κ2) is 8.27. The number of nitrogens with zero attached hydrogens (tertiary/aromatic N) is 4. The van der Waals surface area contributed by atoms with Crippen LogP contribution in [0.4, 0.5) is 30.5 Å². The Bertz CT molecular complexity index is 841. The van der Waals surface area contributed by atoms with Gasteiger partial charge in [0.2, 0.25) is 0 Å². The highest BCUT2D eigenvalue weighted by molar-refractivity contribution is 6.31. The van der Waals surface area contributed by atoms with Gasteiger partial charge in [-0.3, -0.25) is 5.01 Å². The number of rotatable bonds is 7. The lowest BCUT2D eigenvalue weighted by molar-refractivity contribution is 0.0256. The van der Waals surface area contributed by atoms with E-state index in [1.807, 2.05) is 0 Å². The van der Waals surface area contributed by atoms with Gasteiger partial charge in [0.05, 0.1) is 13.1 Å². The van der Waals surface area contributed by atoms with E-state index < -0.39 is 19.1 Å². The molecule has 0 radical (unpaired) electrons. The summed E-state index contributed by atoms with van der Waals surface area (Å²) in [7, 11) is 0. The predicted octanol–water partition coefficient (Wildman–Crippen LogP) is 2.79. The number of nitrogen functional groups attached to an aromatic ring is 1. The maximum Gasteiger partial charge on any atom is 0.320 e. The number of hydrogen-bond acceptors (Lipinski definition) is 7. The van der Waals surface area contributed by atoms with Crippen molar-refractivity contribution in [2.24, 2.45) is 5.84 Å². The van der Waals surface area contributed by atoms with Gasteiger partial charge in [-0.25, -0.2) is 19.0 Å². The van der Waals surface area contributed by atoms with Gasteiger partial charge < -0.3 is 15.4 Å². The summed E-state index contributed by atoms with van der Waals surface area (Å²) in [6.07, 6.45) is -0.321. The summed E-state index contributed by atoms with van der Waals surface area (Å²) in [6, 6.07) is 6.87. The molecule has 0 bridgehead atoms. The first kappa shape index (κ1) is 20.3. The maximum absolute atomic E-state index is 13.6. The van der Waals surface area contributed by atoms with Crippen LogP contribution in [-0.2, 0) is 6.54 Å². The third kappa shape index (κ3) is 4.50. The van der Waals surface area contributed by atoms with Crippen LogP contribution in [0.15, 0.2) is 24.3 Å². The van der Waals surface area contributed by atoms with Crippen molar-refractivity contribution in [1.29, 1.82) is 0 Å². The number of nitrogens with two attached hydrogens (primary N) is 2. The van der Waals surface area contributed by atoms with E-state index in [0.29, 0.717) is 10.6 Å². The van der Waals surface area contributed by atoms with Gasteiger partial charge in [-0.05, 0) is 11.6 Å². The Kier molecular flexibility index (Phi) is 5.99. The smallest absolute Gasteiger partial charge is 0.320 e. The molecule has 1 aliphatic heterocycles. The van der Waals surface area contributed by atoms with Crippen LogP contribution < -0.4 is 26.2 Å². The molecule has 4 N–H and O–H groups in total. The third-order valence-corrected chi connectivity index (χ3v) is 4.60. The second-order valence-electron chi connectivity index (χ2n) is 6.35. The van der Waals surface area contributed by atoms with Gasteiger partial charge >= 0.3 is 6.01 Å². The molecule has 0 amide bonds. The molecule has 1 saturated heterocycles. The lowest BCUT2D eigenvalue weighted by atomic mass is 10.2. The van der Waals surface area contributed by atoms with E-state index >= 15 is 0 Å². The maximum atomic E-state index is 13.6. The molecule has 0 unspecified atom stereocenters. The number of hydrazine groups is 1. The average molecular weight is 417 g/mol. The molecule has 1 aliphatic rings. The van der Waals surface area contributed by atoms with Gasteiger partial charge in [0.15, 0.2) is 11.6 Å². The van der Waals surface area contributed by atoms with E-state index in [0.717, 1.165) is 0 Å². The van der Waals surface area contributed by atoms with Crippen LogP contribution in [0.5, 0.6) is 6.01 Å². The van der Waals surface area contributed by atoms with Crippen molar-refractivity contribution in [3.8, 4) is 6.01 Å². The molecule has 7 nitrogen and oxygen atoms in total. The quantitative estimate of drug-likeness (QED) is 0.529. The van der Waals surface area contributed by atoms with Crippen molar-refractivity contribution in [2.45, 2.75) is 18.9 Å². The Morgan fingerprint density at radius 3 is 2.68 bits per heavy atom. The molecule has 0 aliphatic carbocycles. The van der Waals surface area contributed by atoms with E-state index in [2.05, 4.69) is 9.97 Å². The van der Waals surface area contributed by atoms with Crippen LogP contribution in [0.3, 0.4) is 0 Å². The zero-order chi connectivity index (χ0) is 20.3. The summed E-state index contributed by atoms with van der Waals surface area (Å²) < 4.78 is 44.9. The van der Waals surface area contributed by atoms with Crippen molar-refractivity contribution in [1.82, 2.24) is 9.97 Å². The van der Waals surface area contributed by atoms with Gasteiger partial charge in [0.25, 0.3) is 5.92 Å². The molecule has 152 valence electrons. The number of ether oxygens (including phenoxy) is 1. The van der Waals surface area contributed by atoms with Crippen molar-refractivity contribution < 1.29 is 17.9 Å². The lowest BCUT2D eigenvalue weighted by Gasteiger charge is -2.25. The SMILES string of the molecule is Nc1c(N(N)Cc2ccccc2Cl)nc(OCCF)nc1N1CCC(F)(F)C1. The minimum Gasteiger partial charge on any atom is -0.461 e. The first-order valence-electron chi connectivity index (χ1n) is 8.55. The van der Waals surface area contributed by atoms with Crippen molar-refractivity contribution in [3.05, 3.63) is 34.9 Å². The molecule has 2 heterocycles. The zero-order valence-corrected chi connectivity index (χ0v) is 15.7. The number of halogens is 4. The van der Waals surface area contributed by atoms with Crippen LogP contribution in [0, 0.1) is 0 Å². The van der Waals surface area contributed by atoms with Gasteiger partial charge in [0, 0.05) is 18.0 Å². The van der Waals surface area contributed by atoms with Crippen molar-refractivity contribution in [2.75, 3.05) is 42.0 Å². The van der Waals surface area contributed by atoms with Crippen LogP contribution in [0.2, 0.25) is 5.02 Å². The fraction of sp³-hybridized carbons (Fsp3) is 0.412. The standard InChI is InChI=1S/C17H20ClF3N6O/c18-12-4-2-1-3-11(12)9-27(23)15-13(22)14(24-16(25-15)28-8-6-19)26-7-5-17(20,21)10-26/h1-4H,5-10,22-23H2. The summed E-state index contributed by atoms with van der Waals surface area (Å²) in [5, 5.41) is 1.72. The molecule has 28 heavy (non-hydrogen) atoms. The summed E-state index contributed by atoms with van der Waals surface area (Å²) in [6.45, 7) is -1.37. The summed E-state index contributed by atoms with van der Waals surface area (Å²) in [5.41, 5.74) is 6.89. The highest BCUT2D eigenvalue weighted by atomic mass is 35.5. The second-order valence-corrected chi connectivity index (χ2v) is 6.76. The number of hydrogen-bond donors (Lipinski definition) is 2. The fourth-order valence-corrected chi connectivity index (χ4v) is 3.08. The van der Waals surface area contributed by atoms with Gasteiger partial charge in [-0.15, -0.1) is 0 Å². The topological polar surface area (TPSA) is 93.5 Å². The highest BCUT2D eigenvalue weighted by Gasteiger charge is 2.40. The summed E-state index contributed by atoms with van der Waals surface area (Å²) >= 11 is 6.16. The fourth-order valence-electron chi connectivity index (χ4n) is 2.88. The largest absolute Gasteiger partial charge is 0.461 e.